The van der Waals surface area contributed by atoms with Gasteiger partial charge in [-0.3, -0.25) is 4.79 Å². The summed E-state index contributed by atoms with van der Waals surface area (Å²) in [6, 6.07) is 6.34. The number of carbonyl (C=O) groups is 3. The minimum atomic E-state index is -0.607. The zero-order valence-corrected chi connectivity index (χ0v) is 17.5. The van der Waals surface area contributed by atoms with Gasteiger partial charge < -0.3 is 20.3 Å². The van der Waals surface area contributed by atoms with Crippen LogP contribution >= 0.6 is 0 Å². The predicted octanol–water partition coefficient (Wildman–Crippen LogP) is 3.74. The molecule has 0 aromatic heterocycles. The van der Waals surface area contributed by atoms with E-state index in [0.717, 1.165) is 31.2 Å². The van der Waals surface area contributed by atoms with Crippen LogP contribution < -0.4 is 10.6 Å². The smallest absolute Gasteiger partial charge is 0.338 e. The van der Waals surface area contributed by atoms with E-state index in [1.54, 1.807) is 40.0 Å². The third kappa shape index (κ3) is 4.60. The molecule has 3 amide bonds. The van der Waals surface area contributed by atoms with Crippen molar-refractivity contribution in [3.8, 4) is 0 Å². The summed E-state index contributed by atoms with van der Waals surface area (Å²) in [4.78, 5) is 38.7. The molecule has 0 saturated heterocycles. The molecule has 7 nitrogen and oxygen atoms in total. The van der Waals surface area contributed by atoms with Gasteiger partial charge in [0.15, 0.2) is 0 Å². The van der Waals surface area contributed by atoms with E-state index < -0.39 is 12.0 Å². The predicted molar refractivity (Wildman–Crippen MR) is 110 cm³/mol. The molecule has 3 rings (SSSR count). The lowest BCUT2D eigenvalue weighted by Crippen LogP contribution is -2.46. The van der Waals surface area contributed by atoms with Gasteiger partial charge in [-0.1, -0.05) is 25.0 Å². The number of rotatable bonds is 5. The van der Waals surface area contributed by atoms with Crippen LogP contribution in [0.15, 0.2) is 35.5 Å². The van der Waals surface area contributed by atoms with Crippen molar-refractivity contribution < 1.29 is 19.1 Å². The molecule has 1 aliphatic carbocycles. The van der Waals surface area contributed by atoms with E-state index in [4.69, 9.17) is 4.74 Å². The van der Waals surface area contributed by atoms with Crippen molar-refractivity contribution in [2.45, 2.75) is 58.6 Å². The maximum Gasteiger partial charge on any atom is 0.338 e. The topological polar surface area (TPSA) is 87.7 Å². The Morgan fingerprint density at radius 3 is 2.38 bits per heavy atom. The van der Waals surface area contributed by atoms with Crippen LogP contribution in [0.25, 0.3) is 0 Å². The molecule has 156 valence electrons. The van der Waals surface area contributed by atoms with Crippen LogP contribution in [-0.2, 0) is 14.3 Å². The summed E-state index contributed by atoms with van der Waals surface area (Å²) < 4.78 is 5.40. The molecule has 1 aliphatic heterocycles. The second-order valence-electron chi connectivity index (χ2n) is 7.99. The molecule has 0 bridgehead atoms. The van der Waals surface area contributed by atoms with Gasteiger partial charge >= 0.3 is 12.0 Å². The van der Waals surface area contributed by atoms with Gasteiger partial charge in [0.05, 0.1) is 17.7 Å². The zero-order chi connectivity index (χ0) is 21.1. The normalized spacial score (nSPS) is 20.1. The Hall–Kier alpha value is -2.83. The van der Waals surface area contributed by atoms with E-state index >= 15 is 0 Å². The highest BCUT2D eigenvalue weighted by Gasteiger charge is 2.35. The number of anilines is 1. The van der Waals surface area contributed by atoms with E-state index in [2.05, 4.69) is 10.6 Å². The molecule has 1 fully saturated rings. The summed E-state index contributed by atoms with van der Waals surface area (Å²) in [5.41, 5.74) is 2.42. The van der Waals surface area contributed by atoms with Crippen molar-refractivity contribution in [3.63, 3.8) is 0 Å². The first-order valence-corrected chi connectivity index (χ1v) is 10.1. The third-order valence-electron chi connectivity index (χ3n) is 5.55. The first-order chi connectivity index (χ1) is 13.8. The van der Waals surface area contributed by atoms with Crippen LogP contribution in [0.3, 0.4) is 0 Å². The number of hydrogen-bond acceptors (Lipinski definition) is 4. The van der Waals surface area contributed by atoms with E-state index in [1.807, 2.05) is 12.1 Å². The molecule has 1 heterocycles. The Morgan fingerprint density at radius 1 is 1.17 bits per heavy atom. The molecule has 2 aliphatic rings. The summed E-state index contributed by atoms with van der Waals surface area (Å²) in [6.07, 6.45) is 3.83. The Labute approximate surface area is 171 Å². The highest BCUT2D eigenvalue weighted by Crippen LogP contribution is 2.32. The number of nitrogens with one attached hydrogen (secondary N) is 2. The average Bonchev–Trinajstić information content (AvgIpc) is 3.20. The summed E-state index contributed by atoms with van der Waals surface area (Å²) in [5, 5.41) is 5.82. The second-order valence-corrected chi connectivity index (χ2v) is 7.99. The first kappa shape index (κ1) is 20.9. The van der Waals surface area contributed by atoms with Gasteiger partial charge in [0.2, 0.25) is 5.91 Å². The lowest BCUT2D eigenvalue weighted by atomic mass is 9.95. The monoisotopic (exact) mass is 399 g/mol. The van der Waals surface area contributed by atoms with Gasteiger partial charge in [0.25, 0.3) is 0 Å². The summed E-state index contributed by atoms with van der Waals surface area (Å²) in [5.74, 6) is -0.307. The molecule has 1 aromatic carbocycles. The van der Waals surface area contributed by atoms with Gasteiger partial charge in [0.1, 0.15) is 0 Å². The van der Waals surface area contributed by atoms with E-state index in [0.29, 0.717) is 17.0 Å². The lowest BCUT2D eigenvalue weighted by molar-refractivity contribution is -0.143. The van der Waals surface area contributed by atoms with Crippen molar-refractivity contribution in [2.75, 3.05) is 12.4 Å². The quantitative estimate of drug-likeness (QED) is 0.739. The molecule has 1 aromatic rings. The molecular formula is C22H29N3O4. The van der Waals surface area contributed by atoms with Gasteiger partial charge in [-0.15, -0.1) is 0 Å². The number of amides is 3. The maximum absolute atomic E-state index is 12.7. The van der Waals surface area contributed by atoms with Crippen molar-refractivity contribution in [2.24, 2.45) is 5.92 Å². The number of ether oxygens (including phenoxy) is 1. The fourth-order valence-electron chi connectivity index (χ4n) is 3.82. The number of urea groups is 1. The standard InChI is InChI=1S/C22H29N3O4/c1-13(2)29-21(27)18-14(3)25(4)22(28)24-19(18)15-9-11-17(12-10-15)23-20(26)16-7-5-6-8-16/h9-13,16,19H,5-8H2,1-4H3,(H,23,26)(H,24,28)/t19-/m0/s1. The number of benzene rings is 1. The Bertz CT molecular complexity index is 823. The number of carbonyl (C=O) groups excluding carboxylic acids is 3. The molecule has 7 heteroatoms. The molecule has 0 unspecified atom stereocenters. The van der Waals surface area contributed by atoms with E-state index in [9.17, 15) is 14.4 Å². The number of allylic oxidation sites excluding steroid dienone is 1. The average molecular weight is 399 g/mol. The number of hydrogen-bond donors (Lipinski definition) is 2. The minimum absolute atomic E-state index is 0.0554. The Balaban J connectivity index is 1.82. The Morgan fingerprint density at radius 2 is 1.79 bits per heavy atom. The van der Waals surface area contributed by atoms with Crippen LogP contribution in [0.5, 0.6) is 0 Å². The summed E-state index contributed by atoms with van der Waals surface area (Å²) >= 11 is 0. The van der Waals surface area contributed by atoms with Crippen molar-refractivity contribution >= 4 is 23.6 Å². The molecule has 0 spiro atoms. The van der Waals surface area contributed by atoms with Crippen LogP contribution in [0.4, 0.5) is 10.5 Å². The van der Waals surface area contributed by atoms with E-state index in [1.165, 1.54) is 4.90 Å². The molecule has 0 radical (unpaired) electrons. The van der Waals surface area contributed by atoms with Crippen LogP contribution in [0.1, 0.15) is 58.1 Å². The fraction of sp³-hybridized carbons (Fsp3) is 0.500. The second kappa shape index (κ2) is 8.68. The zero-order valence-electron chi connectivity index (χ0n) is 17.5. The van der Waals surface area contributed by atoms with Gasteiger partial charge in [-0.2, -0.15) is 0 Å². The van der Waals surface area contributed by atoms with Crippen LogP contribution in [-0.4, -0.2) is 36.0 Å². The highest BCUT2D eigenvalue weighted by atomic mass is 16.5. The SMILES string of the molecule is CC1=C(C(=O)OC(C)C)[C@H](c2ccc(NC(=O)C3CCCC3)cc2)NC(=O)N1C. The fourth-order valence-corrected chi connectivity index (χ4v) is 3.82. The minimum Gasteiger partial charge on any atom is -0.459 e. The van der Waals surface area contributed by atoms with Crippen molar-refractivity contribution in [3.05, 3.63) is 41.1 Å². The van der Waals surface area contributed by atoms with Gasteiger partial charge in [0, 0.05) is 24.4 Å². The number of esters is 1. The largest absolute Gasteiger partial charge is 0.459 e. The summed E-state index contributed by atoms with van der Waals surface area (Å²) in [7, 11) is 1.62. The number of nitrogens with zero attached hydrogens (tertiary/aromatic N) is 1. The summed E-state index contributed by atoms with van der Waals surface area (Å²) in [6.45, 7) is 5.31. The van der Waals surface area contributed by atoms with Crippen molar-refractivity contribution in [1.29, 1.82) is 0 Å². The van der Waals surface area contributed by atoms with Gasteiger partial charge in [-0.05, 0) is 51.3 Å². The van der Waals surface area contributed by atoms with Gasteiger partial charge in [-0.25, -0.2) is 9.59 Å². The molecular weight excluding hydrogens is 370 g/mol. The third-order valence-corrected chi connectivity index (χ3v) is 5.55. The maximum atomic E-state index is 12.7. The molecule has 1 saturated carbocycles. The van der Waals surface area contributed by atoms with Crippen LogP contribution in [0.2, 0.25) is 0 Å². The first-order valence-electron chi connectivity index (χ1n) is 10.1. The molecule has 1 atom stereocenters. The lowest BCUT2D eigenvalue weighted by Gasteiger charge is -2.33. The van der Waals surface area contributed by atoms with E-state index in [-0.39, 0.29) is 24.0 Å². The van der Waals surface area contributed by atoms with Crippen LogP contribution in [0, 0.1) is 5.92 Å². The highest BCUT2D eigenvalue weighted by molar-refractivity contribution is 5.95. The molecule has 2 N–H and O–H groups in total. The van der Waals surface area contributed by atoms with Crippen molar-refractivity contribution in [1.82, 2.24) is 10.2 Å². The Kier molecular flexibility index (Phi) is 6.25. The molecule has 29 heavy (non-hydrogen) atoms.